The molecule has 4 aromatic rings. The quantitative estimate of drug-likeness (QED) is 0.498. The van der Waals surface area contributed by atoms with Crippen molar-refractivity contribution in [3.8, 4) is 16.2 Å². The number of nitrogens with one attached hydrogen (secondary N) is 2. The molecule has 28 heavy (non-hydrogen) atoms. The molecule has 0 aliphatic rings. The number of hydrogen-bond acceptors (Lipinski definition) is 6. The Kier molecular flexibility index (Phi) is 4.90. The Labute approximate surface area is 166 Å². The van der Waals surface area contributed by atoms with Crippen LogP contribution in [0.4, 0.5) is 17.2 Å². The minimum Gasteiger partial charge on any atom is -0.495 e. The van der Waals surface area contributed by atoms with E-state index in [2.05, 4.69) is 38.8 Å². The number of aromatic nitrogens is 2. The average Bonchev–Trinajstić information content (AvgIpc) is 3.14. The van der Waals surface area contributed by atoms with E-state index in [0.717, 1.165) is 20.7 Å². The SMILES string of the molecule is COc1ccc(NC(C)=O)cc1Nc1ncnc2sc(-c3ccccc3)cc12. The van der Waals surface area contributed by atoms with Crippen molar-refractivity contribution >= 4 is 44.7 Å². The number of hydrogen-bond donors (Lipinski definition) is 2. The van der Waals surface area contributed by atoms with Gasteiger partial charge < -0.3 is 15.4 Å². The van der Waals surface area contributed by atoms with Crippen LogP contribution in [-0.2, 0) is 4.79 Å². The van der Waals surface area contributed by atoms with Crippen LogP contribution >= 0.6 is 11.3 Å². The summed E-state index contributed by atoms with van der Waals surface area (Å²) in [5.41, 5.74) is 2.53. The number of methoxy groups -OCH3 is 1. The molecule has 0 aliphatic heterocycles. The zero-order valence-corrected chi connectivity index (χ0v) is 16.2. The summed E-state index contributed by atoms with van der Waals surface area (Å²) in [5.74, 6) is 1.20. The summed E-state index contributed by atoms with van der Waals surface area (Å²) in [4.78, 5) is 22.2. The van der Waals surface area contributed by atoms with Crippen LogP contribution in [0.25, 0.3) is 20.7 Å². The highest BCUT2D eigenvalue weighted by atomic mass is 32.1. The summed E-state index contributed by atoms with van der Waals surface area (Å²) in [6.07, 6.45) is 1.54. The molecule has 2 aromatic heterocycles. The Morgan fingerprint density at radius 2 is 1.89 bits per heavy atom. The third-order valence-electron chi connectivity index (χ3n) is 4.16. The van der Waals surface area contributed by atoms with E-state index in [4.69, 9.17) is 4.74 Å². The van der Waals surface area contributed by atoms with E-state index in [-0.39, 0.29) is 5.91 Å². The Hall–Kier alpha value is -3.45. The summed E-state index contributed by atoms with van der Waals surface area (Å²) in [6, 6.07) is 17.7. The van der Waals surface area contributed by atoms with Gasteiger partial charge in [0.05, 0.1) is 18.2 Å². The van der Waals surface area contributed by atoms with E-state index in [0.29, 0.717) is 22.9 Å². The fourth-order valence-electron chi connectivity index (χ4n) is 2.91. The molecule has 2 aromatic carbocycles. The van der Waals surface area contributed by atoms with Crippen LogP contribution in [0, 0.1) is 0 Å². The molecule has 0 atom stereocenters. The highest BCUT2D eigenvalue weighted by molar-refractivity contribution is 7.21. The second kappa shape index (κ2) is 7.66. The topological polar surface area (TPSA) is 76.1 Å². The summed E-state index contributed by atoms with van der Waals surface area (Å²) in [7, 11) is 1.60. The van der Waals surface area contributed by atoms with Gasteiger partial charge in [-0.15, -0.1) is 11.3 Å². The van der Waals surface area contributed by atoms with E-state index < -0.39 is 0 Å². The maximum absolute atomic E-state index is 11.4. The van der Waals surface area contributed by atoms with Crippen LogP contribution < -0.4 is 15.4 Å². The van der Waals surface area contributed by atoms with Gasteiger partial charge in [0.15, 0.2) is 0 Å². The van der Waals surface area contributed by atoms with E-state index >= 15 is 0 Å². The zero-order chi connectivity index (χ0) is 19.5. The normalized spacial score (nSPS) is 10.6. The van der Waals surface area contributed by atoms with Crippen molar-refractivity contribution < 1.29 is 9.53 Å². The van der Waals surface area contributed by atoms with Gasteiger partial charge in [0.25, 0.3) is 0 Å². The van der Waals surface area contributed by atoms with Gasteiger partial charge in [-0.2, -0.15) is 0 Å². The monoisotopic (exact) mass is 390 g/mol. The van der Waals surface area contributed by atoms with Gasteiger partial charge >= 0.3 is 0 Å². The van der Waals surface area contributed by atoms with Crippen molar-refractivity contribution in [2.75, 3.05) is 17.7 Å². The lowest BCUT2D eigenvalue weighted by Gasteiger charge is -2.13. The van der Waals surface area contributed by atoms with Crippen LogP contribution in [0.5, 0.6) is 5.75 Å². The minimum atomic E-state index is -0.133. The van der Waals surface area contributed by atoms with Crippen molar-refractivity contribution in [2.45, 2.75) is 6.92 Å². The number of anilines is 3. The van der Waals surface area contributed by atoms with Gasteiger partial charge in [0.2, 0.25) is 5.91 Å². The Morgan fingerprint density at radius 1 is 1.07 bits per heavy atom. The smallest absolute Gasteiger partial charge is 0.221 e. The van der Waals surface area contributed by atoms with Gasteiger partial charge in [-0.25, -0.2) is 9.97 Å². The molecule has 4 rings (SSSR count). The molecular formula is C21H18N4O2S. The number of carbonyl (C=O) groups is 1. The van der Waals surface area contributed by atoms with Gasteiger partial charge in [-0.05, 0) is 29.8 Å². The third-order valence-corrected chi connectivity index (χ3v) is 5.25. The number of benzene rings is 2. The van der Waals surface area contributed by atoms with Crippen molar-refractivity contribution in [2.24, 2.45) is 0 Å². The number of carbonyl (C=O) groups excluding carboxylic acids is 1. The molecule has 0 saturated heterocycles. The van der Waals surface area contributed by atoms with Crippen LogP contribution in [0.1, 0.15) is 6.92 Å². The van der Waals surface area contributed by atoms with Gasteiger partial charge in [0, 0.05) is 17.5 Å². The molecule has 7 heteroatoms. The van der Waals surface area contributed by atoms with Crippen molar-refractivity contribution in [3.05, 3.63) is 60.9 Å². The first-order chi connectivity index (χ1) is 13.6. The first-order valence-electron chi connectivity index (χ1n) is 8.66. The minimum absolute atomic E-state index is 0.133. The fourth-order valence-corrected chi connectivity index (χ4v) is 3.92. The molecule has 0 saturated carbocycles. The molecule has 0 fully saturated rings. The number of amides is 1. The van der Waals surface area contributed by atoms with E-state index in [1.165, 1.54) is 6.92 Å². The molecular weight excluding hydrogens is 372 g/mol. The Morgan fingerprint density at radius 3 is 2.64 bits per heavy atom. The van der Waals surface area contributed by atoms with Crippen LogP contribution in [0.2, 0.25) is 0 Å². The number of thiophene rings is 1. The zero-order valence-electron chi connectivity index (χ0n) is 15.4. The maximum atomic E-state index is 11.4. The molecule has 140 valence electrons. The Bertz CT molecular complexity index is 1140. The molecule has 2 heterocycles. The van der Waals surface area contributed by atoms with Crippen LogP contribution in [0.3, 0.4) is 0 Å². The highest BCUT2D eigenvalue weighted by Crippen LogP contribution is 2.37. The average molecular weight is 390 g/mol. The first kappa shape index (κ1) is 17.9. The summed E-state index contributed by atoms with van der Waals surface area (Å²) < 4.78 is 5.45. The number of ether oxygens (including phenoxy) is 1. The summed E-state index contributed by atoms with van der Waals surface area (Å²) in [5, 5.41) is 7.03. The molecule has 6 nitrogen and oxygen atoms in total. The summed E-state index contributed by atoms with van der Waals surface area (Å²) >= 11 is 1.62. The Balaban J connectivity index is 1.74. The lowest BCUT2D eigenvalue weighted by atomic mass is 10.2. The maximum Gasteiger partial charge on any atom is 0.221 e. The number of nitrogens with zero attached hydrogens (tertiary/aromatic N) is 2. The van der Waals surface area contributed by atoms with Gasteiger partial charge in [-0.3, -0.25) is 4.79 Å². The van der Waals surface area contributed by atoms with Gasteiger partial charge in [-0.1, -0.05) is 30.3 Å². The van der Waals surface area contributed by atoms with E-state index in [1.807, 2.05) is 24.3 Å². The van der Waals surface area contributed by atoms with Crippen molar-refractivity contribution in [3.63, 3.8) is 0 Å². The number of fused-ring (bicyclic) bond motifs is 1. The van der Waals surface area contributed by atoms with Crippen molar-refractivity contribution in [1.29, 1.82) is 0 Å². The molecule has 0 unspecified atom stereocenters. The summed E-state index contributed by atoms with van der Waals surface area (Å²) in [6.45, 7) is 1.47. The lowest BCUT2D eigenvalue weighted by molar-refractivity contribution is -0.114. The van der Waals surface area contributed by atoms with E-state index in [1.54, 1.807) is 36.9 Å². The van der Waals surface area contributed by atoms with E-state index in [9.17, 15) is 4.79 Å². The first-order valence-corrected chi connectivity index (χ1v) is 9.48. The van der Waals surface area contributed by atoms with Crippen LogP contribution in [-0.4, -0.2) is 23.0 Å². The molecule has 0 aliphatic carbocycles. The molecule has 0 radical (unpaired) electrons. The highest BCUT2D eigenvalue weighted by Gasteiger charge is 2.13. The standard InChI is InChI=1S/C21H18N4O2S/c1-13(26)24-15-8-9-18(27-2)17(10-15)25-20-16-11-19(14-6-4-3-5-7-14)28-21(16)23-12-22-20/h3-12H,1-2H3,(H,24,26)(H,22,23,25). The second-order valence-electron chi connectivity index (χ2n) is 6.14. The molecule has 0 spiro atoms. The molecule has 2 N–H and O–H groups in total. The lowest BCUT2D eigenvalue weighted by Crippen LogP contribution is -2.06. The van der Waals surface area contributed by atoms with Gasteiger partial charge in [0.1, 0.15) is 22.7 Å². The van der Waals surface area contributed by atoms with Crippen LogP contribution in [0.15, 0.2) is 60.9 Å². The predicted octanol–water partition coefficient (Wildman–Crippen LogP) is 5.07. The molecule has 1 amide bonds. The third kappa shape index (κ3) is 3.65. The fraction of sp³-hybridized carbons (Fsp3) is 0.0952. The number of rotatable bonds is 5. The predicted molar refractivity (Wildman–Crippen MR) is 113 cm³/mol. The van der Waals surface area contributed by atoms with Crippen molar-refractivity contribution in [1.82, 2.24) is 9.97 Å². The second-order valence-corrected chi connectivity index (χ2v) is 7.17. The molecule has 0 bridgehead atoms. The largest absolute Gasteiger partial charge is 0.495 e.